The van der Waals surface area contributed by atoms with Crippen molar-refractivity contribution in [3.63, 3.8) is 0 Å². The number of hydrogen-bond acceptors (Lipinski definition) is 3. The average Bonchev–Trinajstić information content (AvgIpc) is 2.78. The first-order valence-corrected chi connectivity index (χ1v) is 19.3. The van der Waals surface area contributed by atoms with Gasteiger partial charge in [0.2, 0.25) is 0 Å². The standard InChI is InChI=1S/C28H60O4P2/c1-6-8-9-10-11-12-13-14-15-16-17-18-19-20-21-22-23-24-25-26-27-31-28(7-2,32-33(29)30)34(3,4)5/h14-15,33-34H,6-13,16-27H2,1-5H3,(H,29,30). The molecule has 6 heteroatoms. The van der Waals surface area contributed by atoms with Crippen molar-refractivity contribution >= 4 is 15.5 Å². The molecule has 0 aromatic rings. The van der Waals surface area contributed by atoms with E-state index in [0.717, 1.165) is 12.8 Å². The zero-order chi connectivity index (χ0) is 25.5. The van der Waals surface area contributed by atoms with Crippen LogP contribution in [0.25, 0.3) is 0 Å². The van der Waals surface area contributed by atoms with E-state index in [1.54, 1.807) is 0 Å². The molecule has 4 nitrogen and oxygen atoms in total. The molecule has 206 valence electrons. The Bertz CT molecular complexity index is 505. The van der Waals surface area contributed by atoms with Crippen molar-refractivity contribution in [2.75, 3.05) is 26.6 Å². The summed E-state index contributed by atoms with van der Waals surface area (Å²) < 4.78 is 22.9. The fraction of sp³-hybridized carbons (Fsp3) is 0.929. The second-order valence-corrected chi connectivity index (χ2v) is 16.9. The van der Waals surface area contributed by atoms with E-state index in [4.69, 9.17) is 9.26 Å². The summed E-state index contributed by atoms with van der Waals surface area (Å²) in [5, 5.41) is 0. The van der Waals surface area contributed by atoms with Crippen LogP contribution in [0.5, 0.6) is 0 Å². The molecule has 0 fully saturated rings. The second kappa shape index (κ2) is 22.5. The molecular weight excluding hydrogens is 462 g/mol. The number of rotatable bonds is 25. The Labute approximate surface area is 214 Å². The van der Waals surface area contributed by atoms with Gasteiger partial charge in [0.1, 0.15) is 0 Å². The van der Waals surface area contributed by atoms with Crippen LogP contribution in [0, 0.1) is 0 Å². The Morgan fingerprint density at radius 3 is 1.50 bits per heavy atom. The quantitative estimate of drug-likeness (QED) is 0.0561. The van der Waals surface area contributed by atoms with Crippen molar-refractivity contribution in [2.24, 2.45) is 0 Å². The van der Waals surface area contributed by atoms with E-state index in [-0.39, 0.29) is 0 Å². The fourth-order valence-corrected chi connectivity index (χ4v) is 8.11. The van der Waals surface area contributed by atoms with E-state index in [1.807, 2.05) is 6.92 Å². The summed E-state index contributed by atoms with van der Waals surface area (Å²) in [7, 11) is -4.90. The van der Waals surface area contributed by atoms with Gasteiger partial charge < -0.3 is 0 Å². The van der Waals surface area contributed by atoms with Gasteiger partial charge in [0, 0.05) is 0 Å². The summed E-state index contributed by atoms with van der Waals surface area (Å²) >= 11 is 0. The van der Waals surface area contributed by atoms with Gasteiger partial charge in [0.05, 0.1) is 0 Å². The third-order valence-electron chi connectivity index (χ3n) is 6.85. The predicted molar refractivity (Wildman–Crippen MR) is 155 cm³/mol. The van der Waals surface area contributed by atoms with Crippen LogP contribution in [0.2, 0.25) is 0 Å². The van der Waals surface area contributed by atoms with Crippen molar-refractivity contribution in [2.45, 2.75) is 141 Å². The zero-order valence-electron chi connectivity index (χ0n) is 23.5. The molecule has 0 aliphatic heterocycles. The molecular formula is C28H60O4P2. The molecule has 0 spiro atoms. The van der Waals surface area contributed by atoms with Crippen molar-refractivity contribution in [1.82, 2.24) is 0 Å². The van der Waals surface area contributed by atoms with Crippen molar-refractivity contribution in [3.8, 4) is 0 Å². The van der Waals surface area contributed by atoms with Crippen LogP contribution in [0.1, 0.15) is 136 Å². The molecule has 0 aliphatic rings. The van der Waals surface area contributed by atoms with Crippen molar-refractivity contribution in [1.29, 1.82) is 0 Å². The molecule has 0 bridgehead atoms. The van der Waals surface area contributed by atoms with E-state index in [2.05, 4.69) is 39.1 Å². The van der Waals surface area contributed by atoms with Gasteiger partial charge >= 0.3 is 137 Å². The molecule has 0 aromatic carbocycles. The van der Waals surface area contributed by atoms with Gasteiger partial charge in [-0.3, -0.25) is 0 Å². The molecule has 0 radical (unpaired) electrons. The molecule has 0 heterocycles. The van der Waals surface area contributed by atoms with E-state index < -0.39 is 21.0 Å². The Balaban J connectivity index is 3.54. The van der Waals surface area contributed by atoms with Gasteiger partial charge in [-0.2, -0.15) is 0 Å². The molecule has 0 amide bonds. The van der Waals surface area contributed by atoms with Crippen LogP contribution >= 0.6 is 15.5 Å². The number of unbranched alkanes of at least 4 members (excludes halogenated alkanes) is 16. The summed E-state index contributed by atoms with van der Waals surface area (Å²) in [6, 6.07) is 0. The van der Waals surface area contributed by atoms with Gasteiger partial charge in [-0.25, -0.2) is 0 Å². The summed E-state index contributed by atoms with van der Waals surface area (Å²) in [4.78, 5) is 9.32. The topological polar surface area (TPSA) is 55.8 Å². The predicted octanol–water partition coefficient (Wildman–Crippen LogP) is 9.70. The minimum absolute atomic E-state index is 0.612. The molecule has 0 aliphatic carbocycles. The fourth-order valence-electron chi connectivity index (χ4n) is 4.54. The monoisotopic (exact) mass is 522 g/mol. The first kappa shape index (κ1) is 34.3. The van der Waals surface area contributed by atoms with Gasteiger partial charge in [-0.05, 0) is 25.7 Å². The molecule has 1 N–H and O–H groups in total. The third-order valence-corrected chi connectivity index (χ3v) is 10.4. The maximum atomic E-state index is 11.3. The van der Waals surface area contributed by atoms with Crippen LogP contribution in [-0.2, 0) is 13.8 Å². The van der Waals surface area contributed by atoms with Gasteiger partial charge in [0.25, 0.3) is 0 Å². The summed E-state index contributed by atoms with van der Waals surface area (Å²) in [5.41, 5.74) is -0.846. The summed E-state index contributed by atoms with van der Waals surface area (Å²) in [6.07, 6.45) is 29.2. The second-order valence-electron chi connectivity index (χ2n) is 10.9. The van der Waals surface area contributed by atoms with Gasteiger partial charge in [-0.15, -0.1) is 0 Å². The number of ether oxygens (including phenoxy) is 1. The first-order valence-electron chi connectivity index (χ1n) is 14.5. The summed E-state index contributed by atoms with van der Waals surface area (Å²) in [5.74, 6) is 0. The maximum absolute atomic E-state index is 11.3. The summed E-state index contributed by atoms with van der Waals surface area (Å²) in [6.45, 7) is 11.3. The Hall–Kier alpha value is 0.280. The van der Waals surface area contributed by atoms with E-state index in [0.29, 0.717) is 13.0 Å². The van der Waals surface area contributed by atoms with Crippen molar-refractivity contribution in [3.05, 3.63) is 12.2 Å². The van der Waals surface area contributed by atoms with Crippen molar-refractivity contribution < 1.29 is 18.7 Å². The molecule has 0 saturated carbocycles. The Morgan fingerprint density at radius 2 is 1.12 bits per heavy atom. The molecule has 2 atom stereocenters. The molecule has 0 saturated heterocycles. The average molecular weight is 523 g/mol. The van der Waals surface area contributed by atoms with Crippen LogP contribution in [0.15, 0.2) is 12.2 Å². The van der Waals surface area contributed by atoms with Gasteiger partial charge in [0.15, 0.2) is 0 Å². The van der Waals surface area contributed by atoms with Crippen LogP contribution in [-0.4, -0.2) is 37.0 Å². The zero-order valence-corrected chi connectivity index (χ0v) is 25.5. The van der Waals surface area contributed by atoms with E-state index >= 15 is 0 Å². The van der Waals surface area contributed by atoms with Crippen LogP contribution in [0.4, 0.5) is 0 Å². The Morgan fingerprint density at radius 1 is 0.706 bits per heavy atom. The SMILES string of the molecule is CCCCCCCCC=CCCCCCCCCCCCCOC(CC)(O[PH](=O)O)[PH](C)(C)C. The first-order chi connectivity index (χ1) is 16.3. The normalized spacial score (nSPS) is 15.6. The van der Waals surface area contributed by atoms with Crippen LogP contribution < -0.4 is 0 Å². The molecule has 0 rings (SSSR count). The van der Waals surface area contributed by atoms with Crippen LogP contribution in [0.3, 0.4) is 0 Å². The molecule has 34 heavy (non-hydrogen) atoms. The molecule has 2 unspecified atom stereocenters. The van der Waals surface area contributed by atoms with E-state index in [9.17, 15) is 9.46 Å². The molecule has 0 aromatic heterocycles. The number of allylic oxidation sites excluding steroid dienone is 2. The van der Waals surface area contributed by atoms with E-state index in [1.165, 1.54) is 103 Å². The minimum atomic E-state index is -3.00. The number of hydrogen-bond donors (Lipinski definition) is 1. The third kappa shape index (κ3) is 18.5. The van der Waals surface area contributed by atoms with Gasteiger partial charge in [-0.1, -0.05) is 51.2 Å². The Kier molecular flexibility index (Phi) is 22.7.